The molecule has 67 heavy (non-hydrogen) atoms. The molecule has 6 aliphatic heterocycles. The third-order valence-electron chi connectivity index (χ3n) is 15.8. The fourth-order valence-corrected chi connectivity index (χ4v) is 11.6. The average Bonchev–Trinajstić information content (AvgIpc) is 3.63. The molecule has 20 atom stereocenters. The molecule has 1 aliphatic carbocycles. The molecule has 4 saturated heterocycles. The molecule has 7 rings (SSSR count). The summed E-state index contributed by atoms with van der Waals surface area (Å²) < 4.78 is 64.5. The highest BCUT2D eigenvalue weighted by Gasteiger charge is 2.60. The van der Waals surface area contributed by atoms with Crippen LogP contribution in [0.5, 0.6) is 0 Å². The molecule has 0 radical (unpaired) electrons. The number of nitrogens with one attached hydrogen (secondary N) is 1. The number of aliphatic hydroxyl groups is 2. The lowest BCUT2D eigenvalue weighted by Crippen LogP contribution is -2.69. The molecular formula is C50H76N2O15. The molecule has 2 bridgehead atoms. The molecule has 0 aromatic rings. The lowest BCUT2D eigenvalue weighted by atomic mass is 9.71. The number of esters is 1. The Kier molecular flexibility index (Phi) is 16.4. The Morgan fingerprint density at radius 3 is 2.42 bits per heavy atom. The Morgan fingerprint density at radius 1 is 0.985 bits per heavy atom. The van der Waals surface area contributed by atoms with Gasteiger partial charge >= 0.3 is 5.97 Å². The van der Waals surface area contributed by atoms with Crippen molar-refractivity contribution < 1.29 is 67.3 Å². The minimum atomic E-state index is -1.86. The monoisotopic (exact) mass is 945 g/mol. The zero-order valence-corrected chi connectivity index (χ0v) is 41.2. The van der Waals surface area contributed by atoms with E-state index < -0.39 is 102 Å². The van der Waals surface area contributed by atoms with Crippen LogP contribution in [-0.4, -0.2) is 152 Å². The first-order valence-electron chi connectivity index (χ1n) is 24.3. The number of methoxy groups -OCH3 is 2. The van der Waals surface area contributed by atoms with E-state index in [4.69, 9.17) is 47.4 Å². The molecule has 0 aromatic heterocycles. The normalized spacial score (nSPS) is 47.4. The van der Waals surface area contributed by atoms with Crippen LogP contribution in [0.2, 0.25) is 0 Å². The number of nitro groups is 1. The van der Waals surface area contributed by atoms with Gasteiger partial charge < -0.3 is 62.9 Å². The first-order chi connectivity index (χ1) is 31.8. The maximum absolute atomic E-state index is 14.4. The summed E-state index contributed by atoms with van der Waals surface area (Å²) in [5.41, 5.74) is -1.00. The van der Waals surface area contributed by atoms with Gasteiger partial charge in [0.05, 0.1) is 49.3 Å². The highest BCUT2D eigenvalue weighted by atomic mass is 16.7. The summed E-state index contributed by atoms with van der Waals surface area (Å²) in [5, 5.41) is 38.6. The van der Waals surface area contributed by atoms with Crippen LogP contribution in [0.25, 0.3) is 0 Å². The number of ether oxygens (including phenoxy) is 10. The summed E-state index contributed by atoms with van der Waals surface area (Å²) in [6.45, 7) is 15.6. The summed E-state index contributed by atoms with van der Waals surface area (Å²) in [7, 11) is 4.82. The molecule has 2 unspecified atom stereocenters. The molecule has 1 spiro atoms. The maximum atomic E-state index is 14.4. The van der Waals surface area contributed by atoms with Gasteiger partial charge in [-0.15, -0.1) is 0 Å². The Labute approximate surface area is 395 Å². The number of rotatable bonds is 11. The fraction of sp³-hybridized carbons (Fsp3) is 0.780. The molecule has 3 N–H and O–H groups in total. The van der Waals surface area contributed by atoms with Gasteiger partial charge in [-0.3, -0.25) is 14.9 Å². The van der Waals surface area contributed by atoms with Crippen molar-refractivity contribution in [3.05, 3.63) is 69.4 Å². The number of aliphatic hydroxyl groups excluding tert-OH is 1. The van der Waals surface area contributed by atoms with E-state index in [0.29, 0.717) is 30.4 Å². The number of carbonyl (C=O) groups excluding carboxylic acids is 1. The van der Waals surface area contributed by atoms with Crippen molar-refractivity contribution in [2.45, 2.75) is 191 Å². The van der Waals surface area contributed by atoms with Gasteiger partial charge in [-0.05, 0) is 69.9 Å². The number of allylic oxidation sites excluding steroid dienone is 2. The Hall–Kier alpha value is -2.91. The molecular weight excluding hydrogens is 869 g/mol. The number of nitrogens with zero attached hydrogens (tertiary/aromatic N) is 1. The number of hydrogen-bond acceptors (Lipinski definition) is 16. The third kappa shape index (κ3) is 10.5. The topological polar surface area (TPSA) is 205 Å². The second-order valence-corrected chi connectivity index (χ2v) is 20.1. The largest absolute Gasteiger partial charge is 0.462 e. The van der Waals surface area contributed by atoms with Crippen molar-refractivity contribution in [3.8, 4) is 0 Å². The minimum Gasteiger partial charge on any atom is -0.462 e. The Morgan fingerprint density at radius 2 is 1.73 bits per heavy atom. The van der Waals surface area contributed by atoms with E-state index in [1.807, 2.05) is 39.0 Å². The van der Waals surface area contributed by atoms with Gasteiger partial charge in [0.25, 0.3) is 0 Å². The first-order valence-corrected chi connectivity index (χ1v) is 24.3. The van der Waals surface area contributed by atoms with Crippen LogP contribution >= 0.6 is 0 Å². The van der Waals surface area contributed by atoms with Gasteiger partial charge in [-0.25, -0.2) is 0 Å². The highest BCUT2D eigenvalue weighted by molar-refractivity contribution is 5.78. The van der Waals surface area contributed by atoms with Crippen LogP contribution in [-0.2, 0) is 52.2 Å². The lowest BCUT2D eigenvalue weighted by molar-refractivity contribution is -0.500. The van der Waals surface area contributed by atoms with Gasteiger partial charge in [0.15, 0.2) is 18.4 Å². The van der Waals surface area contributed by atoms with Crippen LogP contribution in [0.4, 0.5) is 0 Å². The quantitative estimate of drug-likeness (QED) is 0.105. The number of likely N-dealkylation sites (N-methyl/N-ethyl adjacent to an activating group) is 1. The standard InChI is InChI=1S/C50H76N2O15/c1-12-27(2)44-30(5)18-19-48(67-44)24-36-21-35(66-48)17-16-29(4)43(28(3)14-13-15-34-25-60-46-42(53)31(6)20-37(47(54)63-36)50(34,46)55)64-40-22-38(58-10)45(32(7)61-40)65-41-23-39(59-11)49(51-9,26-52(56)57)33(8)62-41/h13-16,18-20,27-28,30,32-33,35-46,51,53,55H,12,17,21-26H2,1-11H3/b14-13+,29-16+,34-15+/t27?,28?,30-,32-,33-,35+,36-,37-,38-,39-,40-,41-,42+,43-,44+,45-,46+,48+,49+,50+/m0/s1. The summed E-state index contributed by atoms with van der Waals surface area (Å²) in [6.07, 6.45) is 8.09. The number of hydrogen-bond donors (Lipinski definition) is 3. The van der Waals surface area contributed by atoms with Crippen LogP contribution in [0.1, 0.15) is 93.9 Å². The van der Waals surface area contributed by atoms with Crippen molar-refractivity contribution in [1.29, 1.82) is 0 Å². The molecule has 7 aliphatic rings. The fourth-order valence-electron chi connectivity index (χ4n) is 11.6. The van der Waals surface area contributed by atoms with Crippen molar-refractivity contribution in [2.75, 3.05) is 34.4 Å². The second kappa shape index (κ2) is 21.2. The summed E-state index contributed by atoms with van der Waals surface area (Å²) in [4.78, 5) is 25.7. The summed E-state index contributed by atoms with van der Waals surface area (Å²) in [6, 6.07) is 0. The van der Waals surface area contributed by atoms with Gasteiger partial charge in [-0.2, -0.15) is 0 Å². The molecule has 0 aromatic carbocycles. The number of carbonyl (C=O) groups is 1. The molecule has 4 fully saturated rings. The predicted octanol–water partition coefficient (Wildman–Crippen LogP) is 5.25. The molecule has 376 valence electrons. The van der Waals surface area contributed by atoms with E-state index >= 15 is 0 Å². The maximum Gasteiger partial charge on any atom is 0.316 e. The van der Waals surface area contributed by atoms with Crippen molar-refractivity contribution in [3.63, 3.8) is 0 Å². The van der Waals surface area contributed by atoms with E-state index in [-0.39, 0.29) is 54.8 Å². The lowest BCUT2D eigenvalue weighted by Gasteiger charge is -2.49. The zero-order valence-electron chi connectivity index (χ0n) is 41.2. The molecule has 17 heteroatoms. The van der Waals surface area contributed by atoms with Gasteiger partial charge in [0, 0.05) is 56.7 Å². The minimum absolute atomic E-state index is 0.0125. The Bertz CT molecular complexity index is 1920. The molecule has 0 amide bonds. The van der Waals surface area contributed by atoms with Crippen LogP contribution < -0.4 is 5.32 Å². The van der Waals surface area contributed by atoms with E-state index in [2.05, 4.69) is 38.2 Å². The van der Waals surface area contributed by atoms with Crippen LogP contribution in [0.15, 0.2) is 59.3 Å². The van der Waals surface area contributed by atoms with Crippen LogP contribution in [0, 0.1) is 33.8 Å². The highest BCUT2D eigenvalue weighted by Crippen LogP contribution is 2.47. The van der Waals surface area contributed by atoms with E-state index in [0.717, 1.165) is 12.0 Å². The predicted molar refractivity (Wildman–Crippen MR) is 245 cm³/mol. The molecule has 17 nitrogen and oxygen atoms in total. The van der Waals surface area contributed by atoms with Crippen molar-refractivity contribution in [1.82, 2.24) is 5.32 Å². The molecule has 0 saturated carbocycles. The first kappa shape index (κ1) is 51.9. The average molecular weight is 945 g/mol. The summed E-state index contributed by atoms with van der Waals surface area (Å²) >= 11 is 0. The SMILES string of the molecule is CCC(C)[C@H]1O[C@]2(C=C[C@@H]1C)C[C@@H]1C[C@@H](C/C=C(\C)[C@@H](O[C@H]3C[C@H](OC)[C@@H](O[C@H]4C[C@H](OC)[C@](C[N+](=O)[O-])(NC)[C@H](C)O4)[C@H](C)O3)C(C)/C=C/C=C3\CO[C@@H]4[C@H](O)C(C)=C[C@@H](C(=O)O1)[C@]34O)O2. The smallest absolute Gasteiger partial charge is 0.316 e. The molecule has 6 heterocycles. The van der Waals surface area contributed by atoms with Gasteiger partial charge in [0.2, 0.25) is 6.54 Å². The van der Waals surface area contributed by atoms with Gasteiger partial charge in [0.1, 0.15) is 41.5 Å². The zero-order chi connectivity index (χ0) is 48.6. The number of fused-ring (bicyclic) bond motifs is 2. The van der Waals surface area contributed by atoms with E-state index in [1.54, 1.807) is 40.2 Å². The van der Waals surface area contributed by atoms with Crippen molar-refractivity contribution >= 4 is 5.97 Å². The van der Waals surface area contributed by atoms with Gasteiger partial charge in [-0.1, -0.05) is 70.6 Å². The third-order valence-corrected chi connectivity index (χ3v) is 15.8. The second-order valence-electron chi connectivity index (χ2n) is 20.1. The van der Waals surface area contributed by atoms with Crippen LogP contribution in [0.3, 0.4) is 0 Å². The van der Waals surface area contributed by atoms with Crippen molar-refractivity contribution in [2.24, 2.45) is 23.7 Å². The van der Waals surface area contributed by atoms with E-state index in [9.17, 15) is 25.1 Å². The Balaban J connectivity index is 1.16. The summed E-state index contributed by atoms with van der Waals surface area (Å²) in [5.74, 6) is -2.69. The van der Waals surface area contributed by atoms with E-state index in [1.165, 1.54) is 7.11 Å².